The van der Waals surface area contributed by atoms with E-state index in [1.165, 1.54) is 13.8 Å². The van der Waals surface area contributed by atoms with E-state index < -0.39 is 0 Å². The highest BCUT2D eigenvalue weighted by Crippen LogP contribution is 2.06. The van der Waals surface area contributed by atoms with Crippen molar-refractivity contribution in [3.8, 4) is 0 Å². The molecule has 5 heteroatoms. The minimum Gasteiger partial charge on any atom is -0.461 e. The number of rotatable bonds is 3. The summed E-state index contributed by atoms with van der Waals surface area (Å²) in [7, 11) is 0. The normalized spacial score (nSPS) is 9.47. The van der Waals surface area contributed by atoms with Gasteiger partial charge in [0.1, 0.15) is 12.4 Å². The van der Waals surface area contributed by atoms with Gasteiger partial charge in [-0.15, -0.1) is 0 Å². The van der Waals surface area contributed by atoms with Crippen molar-refractivity contribution < 1.29 is 14.3 Å². The Balaban J connectivity index is 2.56. The van der Waals surface area contributed by atoms with Crippen molar-refractivity contribution in [2.24, 2.45) is 0 Å². The molecule has 0 fully saturated rings. The Morgan fingerprint density at radius 2 is 2.13 bits per heavy atom. The summed E-state index contributed by atoms with van der Waals surface area (Å²) in [5.41, 5.74) is 0.777. The lowest BCUT2D eigenvalue weighted by atomic mass is 10.3. The van der Waals surface area contributed by atoms with E-state index in [-0.39, 0.29) is 18.5 Å². The molecule has 0 saturated heterocycles. The number of carbonyl (C=O) groups is 2. The number of amides is 1. The summed E-state index contributed by atoms with van der Waals surface area (Å²) in [5, 5.41) is 2.54. The molecule has 0 aromatic carbocycles. The fraction of sp³-hybridized carbons (Fsp3) is 0.300. The van der Waals surface area contributed by atoms with Crippen molar-refractivity contribution in [3.63, 3.8) is 0 Å². The predicted molar refractivity (Wildman–Crippen MR) is 54.0 cm³/mol. The summed E-state index contributed by atoms with van der Waals surface area (Å²) >= 11 is 0. The summed E-state index contributed by atoms with van der Waals surface area (Å²) in [6.07, 6.45) is 1.55. The van der Waals surface area contributed by atoms with Gasteiger partial charge in [0, 0.05) is 25.6 Å². The molecule has 0 bridgehead atoms. The van der Waals surface area contributed by atoms with Crippen LogP contribution in [0.3, 0.4) is 0 Å². The molecule has 1 aromatic rings. The van der Waals surface area contributed by atoms with Gasteiger partial charge >= 0.3 is 5.97 Å². The first kappa shape index (κ1) is 11.2. The van der Waals surface area contributed by atoms with E-state index in [0.29, 0.717) is 5.82 Å². The second kappa shape index (κ2) is 5.09. The molecule has 0 aliphatic carbocycles. The maximum absolute atomic E-state index is 10.7. The van der Waals surface area contributed by atoms with Gasteiger partial charge in [-0.1, -0.05) is 6.07 Å². The van der Waals surface area contributed by atoms with Gasteiger partial charge in [-0.3, -0.25) is 9.59 Å². The Bertz CT molecular complexity index is 359. The topological polar surface area (TPSA) is 68.3 Å². The number of anilines is 1. The molecule has 0 saturated carbocycles. The maximum atomic E-state index is 10.7. The molecule has 5 nitrogen and oxygen atoms in total. The van der Waals surface area contributed by atoms with Crippen molar-refractivity contribution >= 4 is 17.7 Å². The molecule has 0 spiro atoms. The highest BCUT2D eigenvalue weighted by Gasteiger charge is 1.99. The zero-order valence-electron chi connectivity index (χ0n) is 8.61. The molecule has 1 aromatic heterocycles. The number of ether oxygens (including phenoxy) is 1. The monoisotopic (exact) mass is 208 g/mol. The van der Waals surface area contributed by atoms with Crippen LogP contribution in [0.5, 0.6) is 0 Å². The number of aromatic nitrogens is 1. The summed E-state index contributed by atoms with van der Waals surface area (Å²) in [6.45, 7) is 2.95. The number of carbonyl (C=O) groups excluding carboxylic acids is 2. The third-order valence-corrected chi connectivity index (χ3v) is 1.57. The van der Waals surface area contributed by atoms with Crippen molar-refractivity contribution in [2.75, 3.05) is 5.32 Å². The first-order chi connectivity index (χ1) is 7.08. The molecule has 1 N–H and O–H groups in total. The molecular formula is C10H12N2O3. The molecule has 0 aliphatic heterocycles. The van der Waals surface area contributed by atoms with E-state index in [0.717, 1.165) is 5.56 Å². The molecule has 80 valence electrons. The van der Waals surface area contributed by atoms with Gasteiger partial charge in [-0.2, -0.15) is 0 Å². The smallest absolute Gasteiger partial charge is 0.302 e. The molecule has 1 heterocycles. The van der Waals surface area contributed by atoms with Gasteiger partial charge in [0.15, 0.2) is 0 Å². The van der Waals surface area contributed by atoms with Gasteiger partial charge in [-0.25, -0.2) is 4.98 Å². The molecule has 0 radical (unpaired) electrons. The fourth-order valence-electron chi connectivity index (χ4n) is 0.949. The van der Waals surface area contributed by atoms with Gasteiger partial charge in [0.25, 0.3) is 0 Å². The van der Waals surface area contributed by atoms with Crippen LogP contribution in [0.15, 0.2) is 18.3 Å². The Labute approximate surface area is 87.5 Å². The maximum Gasteiger partial charge on any atom is 0.302 e. The quantitative estimate of drug-likeness (QED) is 0.755. The molecule has 0 atom stereocenters. The van der Waals surface area contributed by atoms with Gasteiger partial charge in [-0.05, 0) is 6.07 Å². The third kappa shape index (κ3) is 4.21. The zero-order valence-corrected chi connectivity index (χ0v) is 8.61. The van der Waals surface area contributed by atoms with Crippen molar-refractivity contribution in [2.45, 2.75) is 20.5 Å². The average molecular weight is 208 g/mol. The minimum absolute atomic E-state index is 0.171. The Morgan fingerprint density at radius 3 is 2.60 bits per heavy atom. The number of nitrogens with one attached hydrogen (secondary N) is 1. The molecule has 0 aliphatic rings. The first-order valence-corrected chi connectivity index (χ1v) is 4.44. The van der Waals surface area contributed by atoms with Crippen LogP contribution >= 0.6 is 0 Å². The van der Waals surface area contributed by atoms with E-state index in [2.05, 4.69) is 10.3 Å². The molecule has 1 amide bonds. The number of esters is 1. The van der Waals surface area contributed by atoms with E-state index in [1.807, 2.05) is 0 Å². The highest BCUT2D eigenvalue weighted by molar-refractivity contribution is 5.87. The number of hydrogen-bond donors (Lipinski definition) is 1. The van der Waals surface area contributed by atoms with Gasteiger partial charge in [0.2, 0.25) is 5.91 Å². The van der Waals surface area contributed by atoms with Crippen LogP contribution in [0.1, 0.15) is 19.4 Å². The summed E-state index contributed by atoms with van der Waals surface area (Å²) in [4.78, 5) is 25.2. The standard InChI is InChI=1S/C10H12N2O3/c1-7(13)12-10-4-3-9(5-11-10)6-15-8(2)14/h3-5H,6H2,1-2H3,(H,11,12,13). The van der Waals surface area contributed by atoms with E-state index in [4.69, 9.17) is 4.74 Å². The molecule has 0 unspecified atom stereocenters. The Hall–Kier alpha value is -1.91. The number of pyridine rings is 1. The largest absolute Gasteiger partial charge is 0.461 e. The van der Waals surface area contributed by atoms with Crippen LogP contribution in [-0.4, -0.2) is 16.9 Å². The molecule has 1 rings (SSSR count). The van der Waals surface area contributed by atoms with E-state index in [1.54, 1.807) is 18.3 Å². The lowest BCUT2D eigenvalue weighted by Gasteiger charge is -2.03. The average Bonchev–Trinajstić information content (AvgIpc) is 2.16. The van der Waals surface area contributed by atoms with Crippen LogP contribution in [-0.2, 0) is 20.9 Å². The highest BCUT2D eigenvalue weighted by atomic mass is 16.5. The van der Waals surface area contributed by atoms with E-state index >= 15 is 0 Å². The molecule has 15 heavy (non-hydrogen) atoms. The lowest BCUT2D eigenvalue weighted by molar-refractivity contribution is -0.142. The number of nitrogens with zero attached hydrogens (tertiary/aromatic N) is 1. The fourth-order valence-corrected chi connectivity index (χ4v) is 0.949. The number of hydrogen-bond acceptors (Lipinski definition) is 4. The Morgan fingerprint density at radius 1 is 1.40 bits per heavy atom. The Kier molecular flexibility index (Phi) is 3.79. The lowest BCUT2D eigenvalue weighted by Crippen LogP contribution is -2.07. The summed E-state index contributed by atoms with van der Waals surface area (Å²) < 4.78 is 4.78. The van der Waals surface area contributed by atoms with Crippen molar-refractivity contribution in [3.05, 3.63) is 23.9 Å². The minimum atomic E-state index is -0.332. The van der Waals surface area contributed by atoms with Crippen LogP contribution in [0.25, 0.3) is 0 Å². The zero-order chi connectivity index (χ0) is 11.3. The van der Waals surface area contributed by atoms with Gasteiger partial charge in [0.05, 0.1) is 0 Å². The van der Waals surface area contributed by atoms with E-state index in [9.17, 15) is 9.59 Å². The van der Waals surface area contributed by atoms with Crippen LogP contribution in [0, 0.1) is 0 Å². The summed E-state index contributed by atoms with van der Waals surface area (Å²) in [5.74, 6) is -0.0229. The second-order valence-corrected chi connectivity index (χ2v) is 3.01. The second-order valence-electron chi connectivity index (χ2n) is 3.01. The van der Waals surface area contributed by atoms with Crippen molar-refractivity contribution in [1.82, 2.24) is 4.98 Å². The first-order valence-electron chi connectivity index (χ1n) is 4.44. The summed E-state index contributed by atoms with van der Waals surface area (Å²) in [6, 6.07) is 3.39. The molecular weight excluding hydrogens is 196 g/mol. The van der Waals surface area contributed by atoms with Gasteiger partial charge < -0.3 is 10.1 Å². The van der Waals surface area contributed by atoms with Crippen LogP contribution in [0.2, 0.25) is 0 Å². The third-order valence-electron chi connectivity index (χ3n) is 1.57. The van der Waals surface area contributed by atoms with Crippen LogP contribution < -0.4 is 5.32 Å². The SMILES string of the molecule is CC(=O)Nc1ccc(COC(C)=O)cn1. The predicted octanol–water partition coefficient (Wildman–Crippen LogP) is 1.10. The van der Waals surface area contributed by atoms with Crippen LogP contribution in [0.4, 0.5) is 5.82 Å². The van der Waals surface area contributed by atoms with Crippen molar-refractivity contribution in [1.29, 1.82) is 0 Å².